The second-order valence-corrected chi connectivity index (χ2v) is 5.75. The predicted molar refractivity (Wildman–Crippen MR) is 82.1 cm³/mol. The van der Waals surface area contributed by atoms with E-state index in [1.165, 1.54) is 11.8 Å². The first kappa shape index (κ1) is 15.3. The topological polar surface area (TPSA) is 42.4 Å². The van der Waals surface area contributed by atoms with Gasteiger partial charge in [-0.25, -0.2) is 4.98 Å². The number of pyridine rings is 1. The van der Waals surface area contributed by atoms with Crippen molar-refractivity contribution >= 4 is 23.4 Å². The molecule has 0 bridgehead atoms. The zero-order valence-corrected chi connectivity index (χ0v) is 12.5. The Balaban J connectivity index is 1.65. The van der Waals surface area contributed by atoms with Crippen molar-refractivity contribution in [1.82, 2.24) is 4.98 Å². The number of aromatic nitrogens is 1. The molecule has 1 unspecified atom stereocenters. The molecule has 1 atom stereocenters. The van der Waals surface area contributed by atoms with Crippen LogP contribution in [0.1, 0.15) is 5.56 Å². The van der Waals surface area contributed by atoms with Crippen LogP contribution in [0.5, 0.6) is 0 Å². The minimum absolute atomic E-state index is 0.308. The minimum Gasteiger partial charge on any atom is -0.390 e. The van der Waals surface area contributed by atoms with Gasteiger partial charge in [0.25, 0.3) is 0 Å². The van der Waals surface area contributed by atoms with Gasteiger partial charge in [-0.05, 0) is 29.8 Å². The summed E-state index contributed by atoms with van der Waals surface area (Å²) in [7, 11) is 0. The molecule has 2 rings (SSSR count). The Labute approximate surface area is 128 Å². The standard InChI is InChI=1S/C15H16ClNO2S/c16-13-6-4-12(5-7-13)9-19-10-14(18)11-20-15-3-1-2-8-17-15/h1-8,14,18H,9-11H2. The molecule has 1 aromatic heterocycles. The van der Waals surface area contributed by atoms with Gasteiger partial charge >= 0.3 is 0 Å². The highest BCUT2D eigenvalue weighted by atomic mass is 35.5. The molecule has 0 radical (unpaired) electrons. The van der Waals surface area contributed by atoms with E-state index in [0.29, 0.717) is 24.0 Å². The highest BCUT2D eigenvalue weighted by Crippen LogP contribution is 2.15. The number of nitrogens with zero attached hydrogens (tertiary/aromatic N) is 1. The summed E-state index contributed by atoms with van der Waals surface area (Å²) in [6, 6.07) is 13.2. The van der Waals surface area contributed by atoms with Crippen molar-refractivity contribution in [2.45, 2.75) is 17.7 Å². The Morgan fingerprint density at radius 2 is 2.00 bits per heavy atom. The minimum atomic E-state index is -0.505. The van der Waals surface area contributed by atoms with Crippen LogP contribution in [-0.4, -0.2) is 28.6 Å². The van der Waals surface area contributed by atoms with E-state index >= 15 is 0 Å². The molecular formula is C15H16ClNO2S. The van der Waals surface area contributed by atoms with Crippen LogP contribution in [0.4, 0.5) is 0 Å². The van der Waals surface area contributed by atoms with Gasteiger partial charge in [-0.3, -0.25) is 0 Å². The van der Waals surface area contributed by atoms with Crippen LogP contribution in [0.25, 0.3) is 0 Å². The van der Waals surface area contributed by atoms with Gasteiger partial charge in [-0.15, -0.1) is 11.8 Å². The largest absolute Gasteiger partial charge is 0.390 e. The molecule has 0 aliphatic carbocycles. The number of hydrogen-bond acceptors (Lipinski definition) is 4. The number of benzene rings is 1. The van der Waals surface area contributed by atoms with Crippen molar-refractivity contribution in [3.05, 3.63) is 59.2 Å². The Hall–Kier alpha value is -1.07. The first-order chi connectivity index (χ1) is 9.74. The molecule has 1 heterocycles. The van der Waals surface area contributed by atoms with Crippen molar-refractivity contribution in [3.8, 4) is 0 Å². The van der Waals surface area contributed by atoms with Gasteiger partial charge < -0.3 is 9.84 Å². The van der Waals surface area contributed by atoms with Gasteiger partial charge in [-0.1, -0.05) is 29.8 Å². The third-order valence-corrected chi connectivity index (χ3v) is 3.89. The number of halogens is 1. The molecule has 0 spiro atoms. The molecule has 0 amide bonds. The second-order valence-electron chi connectivity index (χ2n) is 4.27. The highest BCUT2D eigenvalue weighted by molar-refractivity contribution is 7.99. The van der Waals surface area contributed by atoms with E-state index in [1.807, 2.05) is 42.5 Å². The molecule has 2 aromatic rings. The zero-order chi connectivity index (χ0) is 14.2. The van der Waals surface area contributed by atoms with E-state index in [4.69, 9.17) is 16.3 Å². The number of aliphatic hydroxyl groups is 1. The van der Waals surface area contributed by atoms with Gasteiger partial charge in [0.2, 0.25) is 0 Å². The molecule has 20 heavy (non-hydrogen) atoms. The summed E-state index contributed by atoms with van der Waals surface area (Å²) in [5.74, 6) is 0.567. The summed E-state index contributed by atoms with van der Waals surface area (Å²) in [5.41, 5.74) is 1.04. The van der Waals surface area contributed by atoms with E-state index < -0.39 is 6.10 Å². The Bertz CT molecular complexity index is 507. The maximum Gasteiger partial charge on any atom is 0.0960 e. The molecule has 0 aliphatic heterocycles. The van der Waals surface area contributed by atoms with Crippen LogP contribution in [-0.2, 0) is 11.3 Å². The lowest BCUT2D eigenvalue weighted by molar-refractivity contribution is 0.0398. The SMILES string of the molecule is OC(COCc1ccc(Cl)cc1)CSc1ccccn1. The Morgan fingerprint density at radius 3 is 2.70 bits per heavy atom. The van der Waals surface area contributed by atoms with Gasteiger partial charge in [-0.2, -0.15) is 0 Å². The first-order valence-electron chi connectivity index (χ1n) is 6.28. The van der Waals surface area contributed by atoms with Crippen molar-refractivity contribution < 1.29 is 9.84 Å². The first-order valence-corrected chi connectivity index (χ1v) is 7.64. The van der Waals surface area contributed by atoms with Crippen molar-refractivity contribution in [3.63, 3.8) is 0 Å². The van der Waals surface area contributed by atoms with Gasteiger partial charge in [0, 0.05) is 17.0 Å². The van der Waals surface area contributed by atoms with Crippen molar-refractivity contribution in [2.75, 3.05) is 12.4 Å². The molecular weight excluding hydrogens is 294 g/mol. The lowest BCUT2D eigenvalue weighted by Crippen LogP contribution is -2.17. The molecule has 5 heteroatoms. The van der Waals surface area contributed by atoms with Crippen LogP contribution in [0.15, 0.2) is 53.7 Å². The fourth-order valence-corrected chi connectivity index (χ4v) is 2.45. The van der Waals surface area contributed by atoms with E-state index in [-0.39, 0.29) is 0 Å². The normalized spacial score (nSPS) is 12.3. The molecule has 0 aliphatic rings. The van der Waals surface area contributed by atoms with Gasteiger partial charge in [0.1, 0.15) is 0 Å². The summed E-state index contributed by atoms with van der Waals surface area (Å²) >= 11 is 7.32. The average Bonchev–Trinajstić information content (AvgIpc) is 2.48. The maximum atomic E-state index is 9.84. The molecule has 0 saturated carbocycles. The van der Waals surface area contributed by atoms with Crippen LogP contribution in [0, 0.1) is 0 Å². The fraction of sp³-hybridized carbons (Fsp3) is 0.267. The third-order valence-electron chi connectivity index (χ3n) is 2.55. The monoisotopic (exact) mass is 309 g/mol. The summed E-state index contributed by atoms with van der Waals surface area (Å²) in [5, 5.41) is 11.5. The van der Waals surface area contributed by atoms with Crippen LogP contribution in [0.3, 0.4) is 0 Å². The lowest BCUT2D eigenvalue weighted by Gasteiger charge is -2.10. The number of rotatable bonds is 7. The van der Waals surface area contributed by atoms with E-state index in [9.17, 15) is 5.11 Å². The van der Waals surface area contributed by atoms with Crippen molar-refractivity contribution in [1.29, 1.82) is 0 Å². The fourth-order valence-electron chi connectivity index (χ4n) is 1.56. The van der Waals surface area contributed by atoms with Crippen LogP contribution >= 0.6 is 23.4 Å². The number of ether oxygens (including phenoxy) is 1. The Kier molecular flexibility index (Phi) is 6.33. The number of aliphatic hydroxyl groups excluding tert-OH is 1. The van der Waals surface area contributed by atoms with E-state index in [1.54, 1.807) is 6.20 Å². The second kappa shape index (κ2) is 8.27. The zero-order valence-electron chi connectivity index (χ0n) is 10.9. The van der Waals surface area contributed by atoms with Crippen LogP contribution in [0.2, 0.25) is 5.02 Å². The molecule has 3 nitrogen and oxygen atoms in total. The highest BCUT2D eigenvalue weighted by Gasteiger charge is 2.06. The molecule has 106 valence electrons. The quantitative estimate of drug-likeness (QED) is 0.796. The maximum absolute atomic E-state index is 9.84. The average molecular weight is 310 g/mol. The predicted octanol–water partition coefficient (Wildman–Crippen LogP) is 3.40. The Morgan fingerprint density at radius 1 is 1.20 bits per heavy atom. The van der Waals surface area contributed by atoms with Gasteiger partial charge in [0.05, 0.1) is 24.3 Å². The lowest BCUT2D eigenvalue weighted by atomic mass is 10.2. The molecule has 1 aromatic carbocycles. The smallest absolute Gasteiger partial charge is 0.0960 e. The van der Waals surface area contributed by atoms with Gasteiger partial charge in [0.15, 0.2) is 0 Å². The number of hydrogen-bond donors (Lipinski definition) is 1. The molecule has 0 saturated heterocycles. The molecule has 0 fully saturated rings. The van der Waals surface area contributed by atoms with E-state index in [2.05, 4.69) is 4.98 Å². The molecule has 1 N–H and O–H groups in total. The number of thioether (sulfide) groups is 1. The van der Waals surface area contributed by atoms with Crippen molar-refractivity contribution in [2.24, 2.45) is 0 Å². The van der Waals surface area contributed by atoms with Crippen LogP contribution < -0.4 is 0 Å². The third kappa shape index (κ3) is 5.51. The summed E-state index contributed by atoms with van der Waals surface area (Å²) in [4.78, 5) is 4.19. The summed E-state index contributed by atoms with van der Waals surface area (Å²) in [6.07, 6.45) is 1.24. The van der Waals surface area contributed by atoms with E-state index in [0.717, 1.165) is 10.6 Å². The summed E-state index contributed by atoms with van der Waals surface area (Å²) in [6.45, 7) is 0.783. The summed E-state index contributed by atoms with van der Waals surface area (Å²) < 4.78 is 5.48.